The molecule has 1 aromatic heterocycles. The van der Waals surface area contributed by atoms with Gasteiger partial charge >= 0.3 is 0 Å². The summed E-state index contributed by atoms with van der Waals surface area (Å²) < 4.78 is 5.96. The van der Waals surface area contributed by atoms with Gasteiger partial charge in [-0.25, -0.2) is 4.98 Å². The van der Waals surface area contributed by atoms with Crippen LogP contribution >= 0.6 is 0 Å². The minimum Gasteiger partial charge on any atom is -0.440 e. The van der Waals surface area contributed by atoms with E-state index in [1.165, 1.54) is 0 Å². The number of nitrogens with zero attached hydrogens (tertiary/aromatic N) is 1. The van der Waals surface area contributed by atoms with Crippen molar-refractivity contribution in [3.05, 3.63) is 66.6 Å². The van der Waals surface area contributed by atoms with E-state index in [2.05, 4.69) is 4.98 Å². The maximum absolute atomic E-state index is 10.9. The molecule has 0 aliphatic heterocycles. The largest absolute Gasteiger partial charge is 0.440 e. The molecule has 0 aliphatic carbocycles. The minimum absolute atomic E-state index is 0.106. The lowest BCUT2D eigenvalue weighted by Gasteiger charge is -2.00. The third-order valence-electron chi connectivity index (χ3n) is 3.48. The highest BCUT2D eigenvalue weighted by Crippen LogP contribution is 2.32. The van der Waals surface area contributed by atoms with Gasteiger partial charge < -0.3 is 9.21 Å². The number of hydrogen-bond acceptors (Lipinski definition) is 3. The predicted molar refractivity (Wildman–Crippen MR) is 86.3 cm³/mol. The van der Waals surface area contributed by atoms with Gasteiger partial charge in [0, 0.05) is 23.5 Å². The van der Waals surface area contributed by atoms with Crippen LogP contribution < -0.4 is 0 Å². The summed E-state index contributed by atoms with van der Waals surface area (Å²) in [4.78, 5) is 15.5. The van der Waals surface area contributed by atoms with Crippen LogP contribution in [-0.4, -0.2) is 11.3 Å². The molecule has 1 atom stereocenters. The van der Waals surface area contributed by atoms with Gasteiger partial charge in [-0.2, -0.15) is 0 Å². The lowest BCUT2D eigenvalue weighted by atomic mass is 10.1. The highest BCUT2D eigenvalue weighted by Gasteiger charge is 2.17. The molecule has 0 amide bonds. The van der Waals surface area contributed by atoms with E-state index in [0.717, 1.165) is 28.9 Å². The van der Waals surface area contributed by atoms with Crippen LogP contribution in [0.15, 0.2) is 65.1 Å². The second-order valence-corrected chi connectivity index (χ2v) is 5.33. The number of rotatable bonds is 5. The van der Waals surface area contributed by atoms with E-state index >= 15 is 0 Å². The van der Waals surface area contributed by atoms with Gasteiger partial charge in [0.05, 0.1) is 0 Å². The van der Waals surface area contributed by atoms with E-state index in [-0.39, 0.29) is 5.92 Å². The van der Waals surface area contributed by atoms with Crippen LogP contribution in [0.4, 0.5) is 0 Å². The molecule has 3 rings (SSSR count). The van der Waals surface area contributed by atoms with Gasteiger partial charge in [-0.3, -0.25) is 0 Å². The maximum atomic E-state index is 10.9. The minimum atomic E-state index is -0.106. The van der Waals surface area contributed by atoms with Crippen LogP contribution in [-0.2, 0) is 11.2 Å². The molecule has 0 aliphatic rings. The van der Waals surface area contributed by atoms with Crippen LogP contribution in [0.1, 0.15) is 12.8 Å². The number of aldehydes is 1. The fourth-order valence-corrected chi connectivity index (χ4v) is 2.35. The van der Waals surface area contributed by atoms with Crippen molar-refractivity contribution in [2.24, 2.45) is 5.92 Å². The van der Waals surface area contributed by atoms with Crippen molar-refractivity contribution in [3.8, 4) is 22.6 Å². The molecule has 0 saturated heterocycles. The molecule has 3 aromatic rings. The lowest BCUT2D eigenvalue weighted by molar-refractivity contribution is -0.110. The van der Waals surface area contributed by atoms with Crippen molar-refractivity contribution in [2.75, 3.05) is 0 Å². The standard InChI is InChI=1S/C19H17NO2/c1-14(13-21)12-17-20-18(15-8-4-2-5-9-15)19(22-17)16-10-6-3-7-11-16/h2-11,13-14H,12H2,1H3. The summed E-state index contributed by atoms with van der Waals surface area (Å²) in [5.74, 6) is 1.24. The van der Waals surface area contributed by atoms with E-state index in [4.69, 9.17) is 4.42 Å². The van der Waals surface area contributed by atoms with Crippen LogP contribution in [0.25, 0.3) is 22.6 Å². The van der Waals surface area contributed by atoms with E-state index in [1.54, 1.807) is 0 Å². The zero-order valence-corrected chi connectivity index (χ0v) is 12.4. The molecule has 3 heteroatoms. The third kappa shape index (κ3) is 2.98. The van der Waals surface area contributed by atoms with Gasteiger partial charge in [0.1, 0.15) is 12.0 Å². The van der Waals surface area contributed by atoms with E-state index in [1.807, 2.05) is 67.6 Å². The topological polar surface area (TPSA) is 43.1 Å². The summed E-state index contributed by atoms with van der Waals surface area (Å²) >= 11 is 0. The highest BCUT2D eigenvalue weighted by atomic mass is 16.4. The summed E-state index contributed by atoms with van der Waals surface area (Å²) in [6, 6.07) is 19.9. The van der Waals surface area contributed by atoms with Crippen LogP contribution in [0.3, 0.4) is 0 Å². The van der Waals surface area contributed by atoms with Crippen LogP contribution in [0.5, 0.6) is 0 Å². The normalized spacial score (nSPS) is 12.0. The number of carbonyl (C=O) groups is 1. The first kappa shape index (κ1) is 14.3. The second kappa shape index (κ2) is 6.39. The Labute approximate surface area is 129 Å². The molecule has 110 valence electrons. The Hall–Kier alpha value is -2.68. The molecular formula is C19H17NO2. The van der Waals surface area contributed by atoms with Crippen molar-refractivity contribution in [1.29, 1.82) is 0 Å². The Balaban J connectivity index is 2.08. The third-order valence-corrected chi connectivity index (χ3v) is 3.48. The SMILES string of the molecule is CC(C=O)Cc1nc(-c2ccccc2)c(-c2ccccc2)o1. The summed E-state index contributed by atoms with van der Waals surface area (Å²) in [7, 11) is 0. The van der Waals surface area contributed by atoms with E-state index in [9.17, 15) is 4.79 Å². The van der Waals surface area contributed by atoms with Crippen molar-refractivity contribution in [1.82, 2.24) is 4.98 Å². The average molecular weight is 291 g/mol. The number of hydrogen-bond donors (Lipinski definition) is 0. The van der Waals surface area contributed by atoms with Crippen molar-refractivity contribution in [3.63, 3.8) is 0 Å². The Bertz CT molecular complexity index is 691. The number of aromatic nitrogens is 1. The fraction of sp³-hybridized carbons (Fsp3) is 0.158. The number of carbonyl (C=O) groups excluding carboxylic acids is 1. The van der Waals surface area contributed by atoms with Crippen molar-refractivity contribution in [2.45, 2.75) is 13.3 Å². The lowest BCUT2D eigenvalue weighted by Crippen LogP contribution is -2.00. The van der Waals surface area contributed by atoms with Gasteiger partial charge in [-0.1, -0.05) is 67.6 Å². The first-order chi connectivity index (χ1) is 10.8. The Morgan fingerprint density at radius 2 is 1.59 bits per heavy atom. The van der Waals surface area contributed by atoms with Crippen molar-refractivity contribution >= 4 is 6.29 Å². The molecule has 3 nitrogen and oxygen atoms in total. The average Bonchev–Trinajstić information content (AvgIpc) is 3.00. The zero-order chi connectivity index (χ0) is 15.4. The van der Waals surface area contributed by atoms with Gasteiger partial charge in [-0.05, 0) is 0 Å². The molecule has 0 bridgehead atoms. The van der Waals surface area contributed by atoms with Crippen LogP contribution in [0.2, 0.25) is 0 Å². The molecule has 0 spiro atoms. The number of benzene rings is 2. The predicted octanol–water partition coefficient (Wildman–Crippen LogP) is 4.39. The molecule has 2 aromatic carbocycles. The van der Waals surface area contributed by atoms with E-state index in [0.29, 0.717) is 12.3 Å². The second-order valence-electron chi connectivity index (χ2n) is 5.33. The molecule has 1 heterocycles. The Morgan fingerprint density at radius 3 is 2.18 bits per heavy atom. The summed E-state index contributed by atoms with van der Waals surface area (Å²) in [6.45, 7) is 1.86. The van der Waals surface area contributed by atoms with Crippen LogP contribution in [0, 0.1) is 5.92 Å². The molecule has 1 unspecified atom stereocenters. The zero-order valence-electron chi connectivity index (χ0n) is 12.4. The van der Waals surface area contributed by atoms with Crippen molar-refractivity contribution < 1.29 is 9.21 Å². The summed E-state index contributed by atoms with van der Waals surface area (Å²) in [5, 5.41) is 0. The first-order valence-corrected chi connectivity index (χ1v) is 7.34. The highest BCUT2D eigenvalue weighted by molar-refractivity contribution is 5.76. The monoisotopic (exact) mass is 291 g/mol. The fourth-order valence-electron chi connectivity index (χ4n) is 2.35. The molecular weight excluding hydrogens is 274 g/mol. The van der Waals surface area contributed by atoms with Gasteiger partial charge in [0.15, 0.2) is 11.7 Å². The Morgan fingerprint density at radius 1 is 1.00 bits per heavy atom. The molecule has 0 saturated carbocycles. The first-order valence-electron chi connectivity index (χ1n) is 7.34. The molecule has 22 heavy (non-hydrogen) atoms. The van der Waals surface area contributed by atoms with E-state index < -0.39 is 0 Å². The van der Waals surface area contributed by atoms with Gasteiger partial charge in [0.25, 0.3) is 0 Å². The summed E-state index contributed by atoms with van der Waals surface area (Å²) in [5.41, 5.74) is 2.81. The quantitative estimate of drug-likeness (QED) is 0.655. The van der Waals surface area contributed by atoms with Gasteiger partial charge in [-0.15, -0.1) is 0 Å². The Kier molecular flexibility index (Phi) is 4.15. The maximum Gasteiger partial charge on any atom is 0.196 e. The number of oxazole rings is 1. The van der Waals surface area contributed by atoms with Gasteiger partial charge in [0.2, 0.25) is 0 Å². The molecule has 0 fully saturated rings. The smallest absolute Gasteiger partial charge is 0.196 e. The molecule has 0 radical (unpaired) electrons. The molecule has 0 N–H and O–H groups in total. The summed E-state index contributed by atoms with van der Waals surface area (Å²) in [6.07, 6.45) is 1.44.